The maximum Gasteiger partial charge on any atom is 0.324 e. The lowest BCUT2D eigenvalue weighted by Crippen LogP contribution is -2.21. The van der Waals surface area contributed by atoms with Gasteiger partial charge in [-0.3, -0.25) is 10.00 Å². The van der Waals surface area contributed by atoms with Crippen LogP contribution in [0.2, 0.25) is 0 Å². The zero-order valence-corrected chi connectivity index (χ0v) is 9.71. The highest BCUT2D eigenvalue weighted by molar-refractivity contribution is 5.99. The van der Waals surface area contributed by atoms with Crippen LogP contribution in [-0.4, -0.2) is 15.8 Å². The number of nitriles is 1. The molecule has 0 bridgehead atoms. The highest BCUT2D eigenvalue weighted by Crippen LogP contribution is 2.14. The van der Waals surface area contributed by atoms with Gasteiger partial charge in [0.05, 0.1) is 17.4 Å². The number of aromatic nitrogens is 2. The van der Waals surface area contributed by atoms with E-state index in [0.717, 1.165) is 0 Å². The number of aryl methyl sites for hydroxylation is 1. The van der Waals surface area contributed by atoms with Gasteiger partial charge in [0, 0.05) is 13.1 Å². The lowest BCUT2D eigenvalue weighted by atomic mass is 10.2. The number of carbonyl (C=O) groups is 1. The van der Waals surface area contributed by atoms with Crippen molar-refractivity contribution in [2.24, 2.45) is 7.05 Å². The van der Waals surface area contributed by atoms with E-state index in [1.807, 2.05) is 6.07 Å². The number of anilines is 2. The Labute approximate surface area is 104 Å². The summed E-state index contributed by atoms with van der Waals surface area (Å²) in [6.45, 7) is 0. The van der Waals surface area contributed by atoms with E-state index in [9.17, 15) is 4.79 Å². The first-order valence-electron chi connectivity index (χ1n) is 5.26. The summed E-state index contributed by atoms with van der Waals surface area (Å²) in [6, 6.07) is 10.1. The van der Waals surface area contributed by atoms with Crippen LogP contribution >= 0.6 is 0 Å². The molecule has 0 fully saturated rings. The summed E-state index contributed by atoms with van der Waals surface area (Å²) in [5.41, 5.74) is 0.886. The average molecular weight is 241 g/mol. The number of hydrogen-bond donors (Lipinski definition) is 2. The third kappa shape index (κ3) is 2.47. The first-order valence-corrected chi connectivity index (χ1v) is 5.26. The summed E-state index contributed by atoms with van der Waals surface area (Å²) in [7, 11) is 1.72. The van der Waals surface area contributed by atoms with Gasteiger partial charge in [0.25, 0.3) is 0 Å². The van der Waals surface area contributed by atoms with E-state index in [4.69, 9.17) is 5.26 Å². The van der Waals surface area contributed by atoms with Gasteiger partial charge in [-0.1, -0.05) is 12.1 Å². The molecule has 6 heteroatoms. The summed E-state index contributed by atoms with van der Waals surface area (Å²) < 4.78 is 1.54. The monoisotopic (exact) mass is 241 g/mol. The van der Waals surface area contributed by atoms with E-state index in [0.29, 0.717) is 17.1 Å². The molecule has 0 aliphatic rings. The maximum absolute atomic E-state index is 11.7. The topological polar surface area (TPSA) is 82.7 Å². The molecule has 0 aliphatic carbocycles. The molecule has 0 saturated heterocycles. The number of para-hydroxylation sites is 1. The molecule has 2 amide bonds. The third-order valence-electron chi connectivity index (χ3n) is 2.36. The van der Waals surface area contributed by atoms with Crippen LogP contribution < -0.4 is 10.6 Å². The Morgan fingerprint density at radius 2 is 2.11 bits per heavy atom. The Hall–Kier alpha value is -2.81. The summed E-state index contributed by atoms with van der Waals surface area (Å²) in [4.78, 5) is 11.7. The molecule has 0 aliphatic heterocycles. The average Bonchev–Trinajstić information content (AvgIpc) is 2.75. The minimum atomic E-state index is -0.415. The van der Waals surface area contributed by atoms with Crippen LogP contribution in [0.4, 0.5) is 16.3 Å². The predicted molar refractivity (Wildman–Crippen MR) is 67.0 cm³/mol. The van der Waals surface area contributed by atoms with Crippen molar-refractivity contribution < 1.29 is 4.79 Å². The van der Waals surface area contributed by atoms with Gasteiger partial charge in [0.2, 0.25) is 0 Å². The van der Waals surface area contributed by atoms with Crippen LogP contribution in [0.1, 0.15) is 5.56 Å². The highest BCUT2D eigenvalue weighted by atomic mass is 16.2. The van der Waals surface area contributed by atoms with Crippen molar-refractivity contribution in [3.8, 4) is 6.07 Å². The summed E-state index contributed by atoms with van der Waals surface area (Å²) >= 11 is 0. The van der Waals surface area contributed by atoms with Gasteiger partial charge in [0.15, 0.2) is 0 Å². The molecule has 0 unspecified atom stereocenters. The second-order valence-electron chi connectivity index (χ2n) is 3.58. The van der Waals surface area contributed by atoms with Crippen LogP contribution in [0.3, 0.4) is 0 Å². The number of urea groups is 1. The molecule has 2 aromatic rings. The largest absolute Gasteiger partial charge is 0.324 e. The quantitative estimate of drug-likeness (QED) is 0.842. The lowest BCUT2D eigenvalue weighted by molar-refractivity contribution is 0.262. The second kappa shape index (κ2) is 5.01. The van der Waals surface area contributed by atoms with Crippen LogP contribution in [0, 0.1) is 11.3 Å². The van der Waals surface area contributed by atoms with E-state index < -0.39 is 6.03 Å². The SMILES string of the molecule is Cn1nccc1NC(=O)Nc1ccccc1C#N. The van der Waals surface area contributed by atoms with Crippen molar-refractivity contribution in [2.45, 2.75) is 0 Å². The van der Waals surface area contributed by atoms with E-state index in [2.05, 4.69) is 15.7 Å². The fourth-order valence-corrected chi connectivity index (χ4v) is 1.46. The molecule has 0 spiro atoms. The highest BCUT2D eigenvalue weighted by Gasteiger charge is 2.07. The molecule has 1 heterocycles. The first kappa shape index (κ1) is 11.7. The predicted octanol–water partition coefficient (Wildman–Crippen LogP) is 1.94. The van der Waals surface area contributed by atoms with Crippen molar-refractivity contribution in [2.75, 3.05) is 10.6 Å². The zero-order valence-electron chi connectivity index (χ0n) is 9.71. The van der Waals surface area contributed by atoms with Gasteiger partial charge in [-0.15, -0.1) is 0 Å². The van der Waals surface area contributed by atoms with Crippen molar-refractivity contribution in [3.63, 3.8) is 0 Å². The van der Waals surface area contributed by atoms with Crippen LogP contribution in [-0.2, 0) is 7.05 Å². The maximum atomic E-state index is 11.7. The number of nitrogens with zero attached hydrogens (tertiary/aromatic N) is 3. The molecule has 90 valence electrons. The van der Waals surface area contributed by atoms with Crippen LogP contribution in [0.15, 0.2) is 36.5 Å². The standard InChI is InChI=1S/C12H11N5O/c1-17-11(6-7-14-17)16-12(18)15-10-5-3-2-4-9(10)8-13/h2-7H,1H3,(H2,15,16,18). The number of hydrogen-bond acceptors (Lipinski definition) is 3. The molecule has 18 heavy (non-hydrogen) atoms. The Kier molecular flexibility index (Phi) is 3.25. The smallest absolute Gasteiger partial charge is 0.306 e. The second-order valence-corrected chi connectivity index (χ2v) is 3.58. The number of rotatable bonds is 2. The van der Waals surface area contributed by atoms with Crippen molar-refractivity contribution in [1.82, 2.24) is 9.78 Å². The number of amides is 2. The van der Waals surface area contributed by atoms with Gasteiger partial charge in [-0.25, -0.2) is 4.79 Å². The van der Waals surface area contributed by atoms with Gasteiger partial charge in [-0.2, -0.15) is 10.4 Å². The Balaban J connectivity index is 2.08. The lowest BCUT2D eigenvalue weighted by Gasteiger charge is -2.08. The molecule has 2 rings (SSSR count). The number of benzene rings is 1. The van der Waals surface area contributed by atoms with E-state index in [1.165, 1.54) is 4.68 Å². The minimum absolute atomic E-state index is 0.414. The minimum Gasteiger partial charge on any atom is -0.306 e. The van der Waals surface area contributed by atoms with Crippen molar-refractivity contribution in [1.29, 1.82) is 5.26 Å². The van der Waals surface area contributed by atoms with Crippen molar-refractivity contribution in [3.05, 3.63) is 42.1 Å². The summed E-state index contributed by atoms with van der Waals surface area (Å²) in [5.74, 6) is 0.571. The fourth-order valence-electron chi connectivity index (χ4n) is 1.46. The Bertz CT molecular complexity index is 611. The molecular formula is C12H11N5O. The van der Waals surface area contributed by atoms with Crippen molar-refractivity contribution >= 4 is 17.5 Å². The molecule has 2 N–H and O–H groups in total. The zero-order chi connectivity index (χ0) is 13.0. The van der Waals surface area contributed by atoms with Gasteiger partial charge in [-0.05, 0) is 12.1 Å². The number of carbonyl (C=O) groups excluding carboxylic acids is 1. The van der Waals surface area contributed by atoms with Gasteiger partial charge >= 0.3 is 6.03 Å². The first-order chi connectivity index (χ1) is 8.70. The van der Waals surface area contributed by atoms with E-state index in [1.54, 1.807) is 43.6 Å². The molecule has 0 radical (unpaired) electrons. The van der Waals surface area contributed by atoms with Gasteiger partial charge in [0.1, 0.15) is 11.9 Å². The summed E-state index contributed by atoms with van der Waals surface area (Å²) in [5, 5.41) is 18.1. The molecule has 0 saturated carbocycles. The Morgan fingerprint density at radius 3 is 2.78 bits per heavy atom. The number of nitrogens with one attached hydrogen (secondary N) is 2. The fraction of sp³-hybridized carbons (Fsp3) is 0.0833. The molecule has 0 atom stereocenters. The van der Waals surface area contributed by atoms with Gasteiger partial charge < -0.3 is 5.32 Å². The molecule has 1 aromatic heterocycles. The van der Waals surface area contributed by atoms with E-state index in [-0.39, 0.29) is 0 Å². The summed E-state index contributed by atoms with van der Waals surface area (Å²) in [6.07, 6.45) is 1.58. The molecule has 1 aromatic carbocycles. The van der Waals surface area contributed by atoms with Crippen LogP contribution in [0.25, 0.3) is 0 Å². The normalized spacial score (nSPS) is 9.56. The third-order valence-corrected chi connectivity index (χ3v) is 2.36. The molecular weight excluding hydrogens is 230 g/mol. The van der Waals surface area contributed by atoms with Crippen LogP contribution in [0.5, 0.6) is 0 Å². The van der Waals surface area contributed by atoms with E-state index >= 15 is 0 Å². The molecule has 6 nitrogen and oxygen atoms in total. The Morgan fingerprint density at radius 1 is 1.33 bits per heavy atom.